The summed E-state index contributed by atoms with van der Waals surface area (Å²) < 4.78 is 27.6. The van der Waals surface area contributed by atoms with Gasteiger partial charge in [0.2, 0.25) is 15.9 Å². The molecule has 2 rings (SSSR count). The third-order valence-electron chi connectivity index (χ3n) is 3.48. The summed E-state index contributed by atoms with van der Waals surface area (Å²) in [6, 6.07) is 0.308. The van der Waals surface area contributed by atoms with Crippen molar-refractivity contribution in [2.75, 3.05) is 13.1 Å². The van der Waals surface area contributed by atoms with Crippen LogP contribution in [-0.4, -0.2) is 53.4 Å². The Balaban J connectivity index is 2.44. The van der Waals surface area contributed by atoms with Gasteiger partial charge in [-0.25, -0.2) is 13.2 Å². The summed E-state index contributed by atoms with van der Waals surface area (Å²) in [6.45, 7) is 3.96. The number of aromatic nitrogens is 1. The number of hydrogen-bond donors (Lipinski definition) is 2. The molecule has 1 aliphatic rings. The molecule has 0 radical (unpaired) electrons. The fraction of sp³-hybridized carbons (Fsp3) is 0.500. The minimum Gasteiger partial charge on any atom is -0.477 e. The number of sulfonamides is 1. The number of piperazine rings is 1. The van der Waals surface area contributed by atoms with Crippen molar-refractivity contribution >= 4 is 21.9 Å². The number of carboxylic acid groups (broad SMARTS) is 1. The third-order valence-corrected chi connectivity index (χ3v) is 5.42. The first-order valence-corrected chi connectivity index (χ1v) is 7.96. The summed E-state index contributed by atoms with van der Waals surface area (Å²) >= 11 is 0. The van der Waals surface area contributed by atoms with Gasteiger partial charge < -0.3 is 15.0 Å². The van der Waals surface area contributed by atoms with E-state index in [1.165, 1.54) is 17.7 Å². The second kappa shape index (κ2) is 5.49. The number of aromatic carboxylic acids is 1. The highest BCUT2D eigenvalue weighted by atomic mass is 32.2. The SMILES string of the molecule is CCn1cc(S(=O)(=O)N2CCNC(=O)C2C)cc1C(=O)O. The smallest absolute Gasteiger partial charge is 0.352 e. The molecule has 0 aromatic carbocycles. The monoisotopic (exact) mass is 315 g/mol. The van der Waals surface area contributed by atoms with E-state index in [9.17, 15) is 18.0 Å². The van der Waals surface area contributed by atoms with Gasteiger partial charge in [-0.15, -0.1) is 0 Å². The Morgan fingerprint density at radius 3 is 2.71 bits per heavy atom. The number of rotatable bonds is 4. The Bertz CT molecular complexity index is 679. The molecule has 1 amide bonds. The van der Waals surface area contributed by atoms with Crippen molar-refractivity contribution in [2.45, 2.75) is 31.3 Å². The zero-order chi connectivity index (χ0) is 15.8. The Morgan fingerprint density at radius 1 is 1.52 bits per heavy atom. The van der Waals surface area contributed by atoms with Crippen molar-refractivity contribution in [1.29, 1.82) is 0 Å². The van der Waals surface area contributed by atoms with E-state index in [2.05, 4.69) is 5.32 Å². The van der Waals surface area contributed by atoms with Crippen LogP contribution in [0.15, 0.2) is 17.2 Å². The van der Waals surface area contributed by atoms with E-state index in [0.29, 0.717) is 6.54 Å². The van der Waals surface area contributed by atoms with Crippen LogP contribution < -0.4 is 5.32 Å². The summed E-state index contributed by atoms with van der Waals surface area (Å²) in [5, 5.41) is 11.7. The molecule has 1 saturated heterocycles. The van der Waals surface area contributed by atoms with Crippen LogP contribution in [0.5, 0.6) is 0 Å². The highest BCUT2D eigenvalue weighted by molar-refractivity contribution is 7.89. The fourth-order valence-electron chi connectivity index (χ4n) is 2.29. The molecule has 0 saturated carbocycles. The fourth-order valence-corrected chi connectivity index (χ4v) is 3.93. The lowest BCUT2D eigenvalue weighted by atomic mass is 10.2. The molecule has 1 aromatic rings. The molecule has 0 aliphatic carbocycles. The zero-order valence-electron chi connectivity index (χ0n) is 11.7. The first-order chi connectivity index (χ1) is 9.78. The maximum atomic E-state index is 12.6. The van der Waals surface area contributed by atoms with E-state index in [-0.39, 0.29) is 29.6 Å². The van der Waals surface area contributed by atoms with Gasteiger partial charge in [0.1, 0.15) is 16.6 Å². The van der Waals surface area contributed by atoms with E-state index in [1.807, 2.05) is 0 Å². The van der Waals surface area contributed by atoms with Crippen LogP contribution in [0.2, 0.25) is 0 Å². The number of aryl methyl sites for hydroxylation is 1. The van der Waals surface area contributed by atoms with Crippen LogP contribution in [-0.2, 0) is 21.4 Å². The van der Waals surface area contributed by atoms with Gasteiger partial charge in [0.25, 0.3) is 0 Å². The maximum Gasteiger partial charge on any atom is 0.352 e. The summed E-state index contributed by atoms with van der Waals surface area (Å²) in [5.74, 6) is -1.55. The van der Waals surface area contributed by atoms with Gasteiger partial charge in [-0.2, -0.15) is 4.31 Å². The Hall–Kier alpha value is -1.87. The van der Waals surface area contributed by atoms with Gasteiger partial charge >= 0.3 is 5.97 Å². The van der Waals surface area contributed by atoms with Crippen molar-refractivity contribution in [3.05, 3.63) is 18.0 Å². The average Bonchev–Trinajstić information content (AvgIpc) is 2.86. The summed E-state index contributed by atoms with van der Waals surface area (Å²) in [6.07, 6.45) is 1.29. The highest BCUT2D eigenvalue weighted by Gasteiger charge is 2.36. The minimum atomic E-state index is -3.90. The van der Waals surface area contributed by atoms with Crippen LogP contribution in [0.3, 0.4) is 0 Å². The molecule has 1 atom stereocenters. The average molecular weight is 315 g/mol. The van der Waals surface area contributed by atoms with Crippen molar-refractivity contribution in [2.24, 2.45) is 0 Å². The number of hydrogen-bond acceptors (Lipinski definition) is 4. The lowest BCUT2D eigenvalue weighted by Crippen LogP contribution is -2.55. The van der Waals surface area contributed by atoms with Crippen molar-refractivity contribution in [3.63, 3.8) is 0 Å². The Kier molecular flexibility index (Phi) is 4.06. The molecule has 116 valence electrons. The van der Waals surface area contributed by atoms with Crippen molar-refractivity contribution in [1.82, 2.24) is 14.2 Å². The minimum absolute atomic E-state index is 0.0924. The molecule has 2 heterocycles. The molecule has 1 fully saturated rings. The van der Waals surface area contributed by atoms with Gasteiger partial charge in [-0.05, 0) is 19.9 Å². The Labute approximate surface area is 122 Å². The van der Waals surface area contributed by atoms with E-state index in [1.54, 1.807) is 6.92 Å². The quantitative estimate of drug-likeness (QED) is 0.794. The molecule has 8 nitrogen and oxygen atoms in total. The molecule has 2 N–H and O–H groups in total. The van der Waals surface area contributed by atoms with Crippen LogP contribution in [0.4, 0.5) is 0 Å². The van der Waals surface area contributed by atoms with Crippen LogP contribution in [0.1, 0.15) is 24.3 Å². The molecule has 9 heteroatoms. The largest absolute Gasteiger partial charge is 0.477 e. The molecule has 0 bridgehead atoms. The van der Waals surface area contributed by atoms with Crippen LogP contribution in [0, 0.1) is 0 Å². The summed E-state index contributed by atoms with van der Waals surface area (Å²) in [7, 11) is -3.90. The first kappa shape index (κ1) is 15.5. The van der Waals surface area contributed by atoms with Gasteiger partial charge in [0, 0.05) is 25.8 Å². The van der Waals surface area contributed by atoms with E-state index in [0.717, 1.165) is 10.4 Å². The van der Waals surface area contributed by atoms with Crippen LogP contribution in [0.25, 0.3) is 0 Å². The van der Waals surface area contributed by atoms with E-state index in [4.69, 9.17) is 5.11 Å². The van der Waals surface area contributed by atoms with Gasteiger partial charge in [0.05, 0.1) is 0 Å². The number of carbonyl (C=O) groups excluding carboxylic acids is 1. The lowest BCUT2D eigenvalue weighted by Gasteiger charge is -2.31. The number of nitrogens with zero attached hydrogens (tertiary/aromatic N) is 2. The first-order valence-electron chi connectivity index (χ1n) is 6.52. The standard InChI is InChI=1S/C12H17N3O5S/c1-3-14-7-9(6-10(14)12(17)18)21(19,20)15-5-4-13-11(16)8(15)2/h6-8H,3-5H2,1-2H3,(H,13,16)(H,17,18). The maximum absolute atomic E-state index is 12.6. The second-order valence-corrected chi connectivity index (χ2v) is 6.63. The molecule has 0 spiro atoms. The predicted molar refractivity (Wildman–Crippen MR) is 73.4 cm³/mol. The van der Waals surface area contributed by atoms with Gasteiger partial charge in [-0.3, -0.25) is 4.79 Å². The van der Waals surface area contributed by atoms with Gasteiger partial charge in [0.15, 0.2) is 0 Å². The molecular weight excluding hydrogens is 298 g/mol. The van der Waals surface area contributed by atoms with Gasteiger partial charge in [-0.1, -0.05) is 0 Å². The van der Waals surface area contributed by atoms with Crippen molar-refractivity contribution < 1.29 is 23.1 Å². The molecule has 1 unspecified atom stereocenters. The number of amides is 1. The summed E-state index contributed by atoms with van der Waals surface area (Å²) in [5.41, 5.74) is -0.0924. The van der Waals surface area contributed by atoms with E-state index >= 15 is 0 Å². The van der Waals surface area contributed by atoms with Crippen molar-refractivity contribution in [3.8, 4) is 0 Å². The molecule has 1 aliphatic heterocycles. The van der Waals surface area contributed by atoms with Crippen LogP contribution >= 0.6 is 0 Å². The molecular formula is C12H17N3O5S. The predicted octanol–water partition coefficient (Wildman–Crippen LogP) is -0.285. The third kappa shape index (κ3) is 2.66. The second-order valence-electron chi connectivity index (χ2n) is 4.73. The zero-order valence-corrected chi connectivity index (χ0v) is 12.6. The molecule has 1 aromatic heterocycles. The summed E-state index contributed by atoms with van der Waals surface area (Å²) in [4.78, 5) is 22.6. The number of nitrogens with one attached hydrogen (secondary N) is 1. The lowest BCUT2D eigenvalue weighted by molar-refractivity contribution is -0.126. The normalized spacial score (nSPS) is 20.3. The highest BCUT2D eigenvalue weighted by Crippen LogP contribution is 2.22. The molecule has 21 heavy (non-hydrogen) atoms. The Morgan fingerprint density at radius 2 is 2.19 bits per heavy atom. The number of carbonyl (C=O) groups is 2. The van der Waals surface area contributed by atoms with E-state index < -0.39 is 22.0 Å². The number of carboxylic acids is 1. The topological polar surface area (TPSA) is 109 Å².